The summed E-state index contributed by atoms with van der Waals surface area (Å²) in [6, 6.07) is 1.12. The topological polar surface area (TPSA) is 44.4 Å². The molecule has 1 aliphatic carbocycles. The van der Waals surface area contributed by atoms with Gasteiger partial charge >= 0.3 is 0 Å². The molecule has 116 valence electrons. The van der Waals surface area contributed by atoms with Crippen LogP contribution in [0.1, 0.15) is 58.3 Å². The molecule has 1 saturated heterocycles. The largest absolute Gasteiger partial charge is 0.353 e. The van der Waals surface area contributed by atoms with Gasteiger partial charge in [0.2, 0.25) is 5.91 Å². The number of hydrogen-bond donors (Lipinski definition) is 2. The summed E-state index contributed by atoms with van der Waals surface area (Å²) in [7, 11) is 0. The van der Waals surface area contributed by atoms with E-state index in [1.54, 1.807) is 0 Å². The summed E-state index contributed by atoms with van der Waals surface area (Å²) >= 11 is 0. The summed E-state index contributed by atoms with van der Waals surface area (Å²) in [6.07, 6.45) is 9.35. The van der Waals surface area contributed by atoms with Crippen molar-refractivity contribution in [2.24, 2.45) is 0 Å². The Morgan fingerprint density at radius 1 is 1.15 bits per heavy atom. The van der Waals surface area contributed by atoms with Crippen LogP contribution in [0.3, 0.4) is 0 Å². The average molecular weight is 281 g/mol. The molecule has 1 aliphatic heterocycles. The summed E-state index contributed by atoms with van der Waals surface area (Å²) in [5.41, 5.74) is 0. The van der Waals surface area contributed by atoms with Crippen molar-refractivity contribution in [1.29, 1.82) is 0 Å². The Morgan fingerprint density at radius 3 is 2.50 bits per heavy atom. The summed E-state index contributed by atoms with van der Waals surface area (Å²) in [5.74, 6) is 0.254. The van der Waals surface area contributed by atoms with Crippen LogP contribution in [-0.4, -0.2) is 49.1 Å². The third-order valence-corrected chi connectivity index (χ3v) is 4.83. The molecule has 4 nitrogen and oxygen atoms in total. The molecule has 0 aromatic rings. The molecule has 2 rings (SSSR count). The molecule has 0 bridgehead atoms. The normalized spacial score (nSPS) is 22.1. The van der Waals surface area contributed by atoms with E-state index in [4.69, 9.17) is 0 Å². The number of carbonyl (C=O) groups is 1. The highest BCUT2D eigenvalue weighted by Gasteiger charge is 2.21. The maximum atomic E-state index is 12.1. The number of nitrogens with zero attached hydrogens (tertiary/aromatic N) is 1. The van der Waals surface area contributed by atoms with Crippen LogP contribution in [0.5, 0.6) is 0 Å². The Morgan fingerprint density at radius 2 is 1.85 bits per heavy atom. The monoisotopic (exact) mass is 281 g/mol. The standard InChI is InChI=1S/C16H31N3O/c1-2-19(15-8-11-17-12-9-15)13-10-16(20)18-14-6-4-3-5-7-14/h14-15,17H,2-13H2,1H3,(H,18,20). The molecule has 0 unspecified atom stereocenters. The predicted molar refractivity (Wildman–Crippen MR) is 82.8 cm³/mol. The third kappa shape index (κ3) is 5.06. The van der Waals surface area contributed by atoms with Crippen LogP contribution in [-0.2, 0) is 4.79 Å². The van der Waals surface area contributed by atoms with E-state index in [0.717, 1.165) is 26.2 Å². The third-order valence-electron chi connectivity index (χ3n) is 4.83. The van der Waals surface area contributed by atoms with Gasteiger partial charge in [0.25, 0.3) is 0 Å². The van der Waals surface area contributed by atoms with E-state index >= 15 is 0 Å². The van der Waals surface area contributed by atoms with Gasteiger partial charge < -0.3 is 15.5 Å². The number of rotatable bonds is 6. The Hall–Kier alpha value is -0.610. The summed E-state index contributed by atoms with van der Waals surface area (Å²) in [6.45, 7) is 6.42. The van der Waals surface area contributed by atoms with Gasteiger partial charge in [0, 0.05) is 25.0 Å². The summed E-state index contributed by atoms with van der Waals surface area (Å²) < 4.78 is 0. The lowest BCUT2D eigenvalue weighted by Gasteiger charge is -2.33. The Kier molecular flexibility index (Phi) is 6.80. The second kappa shape index (κ2) is 8.63. The lowest BCUT2D eigenvalue weighted by atomic mass is 9.95. The van der Waals surface area contributed by atoms with Crippen LogP contribution in [0.4, 0.5) is 0 Å². The van der Waals surface area contributed by atoms with Gasteiger partial charge in [0.1, 0.15) is 0 Å². The molecule has 0 spiro atoms. The van der Waals surface area contributed by atoms with Crippen LogP contribution < -0.4 is 10.6 Å². The smallest absolute Gasteiger partial charge is 0.221 e. The molecule has 20 heavy (non-hydrogen) atoms. The SMILES string of the molecule is CCN(CCC(=O)NC1CCCCC1)C1CCNCC1. The Labute approximate surface area is 123 Å². The molecule has 0 aromatic carbocycles. The zero-order chi connectivity index (χ0) is 14.2. The second-order valence-corrected chi connectivity index (χ2v) is 6.26. The highest BCUT2D eigenvalue weighted by Crippen LogP contribution is 2.17. The lowest BCUT2D eigenvalue weighted by Crippen LogP contribution is -2.45. The van der Waals surface area contributed by atoms with Gasteiger partial charge in [-0.1, -0.05) is 26.2 Å². The van der Waals surface area contributed by atoms with E-state index in [1.807, 2.05) is 0 Å². The van der Waals surface area contributed by atoms with Gasteiger partial charge in [-0.2, -0.15) is 0 Å². The van der Waals surface area contributed by atoms with Crippen molar-refractivity contribution in [3.05, 3.63) is 0 Å². The predicted octanol–water partition coefficient (Wildman–Crippen LogP) is 1.90. The molecule has 0 atom stereocenters. The molecular formula is C16H31N3O. The first-order chi connectivity index (χ1) is 9.79. The molecule has 2 fully saturated rings. The quantitative estimate of drug-likeness (QED) is 0.781. The number of piperidine rings is 1. The van der Waals surface area contributed by atoms with Crippen LogP contribution in [0, 0.1) is 0 Å². The fourth-order valence-corrected chi connectivity index (χ4v) is 3.56. The van der Waals surface area contributed by atoms with E-state index < -0.39 is 0 Å². The first kappa shape index (κ1) is 15.8. The first-order valence-corrected chi connectivity index (χ1v) is 8.53. The van der Waals surface area contributed by atoms with Crippen molar-refractivity contribution in [3.63, 3.8) is 0 Å². The molecule has 1 saturated carbocycles. The van der Waals surface area contributed by atoms with Crippen molar-refractivity contribution < 1.29 is 4.79 Å². The number of carbonyl (C=O) groups excluding carboxylic acids is 1. The highest BCUT2D eigenvalue weighted by molar-refractivity contribution is 5.76. The van der Waals surface area contributed by atoms with Crippen molar-refractivity contribution in [2.75, 3.05) is 26.2 Å². The maximum absolute atomic E-state index is 12.1. The van der Waals surface area contributed by atoms with E-state index in [-0.39, 0.29) is 5.91 Å². The minimum atomic E-state index is 0.254. The zero-order valence-corrected chi connectivity index (χ0v) is 13.0. The fourth-order valence-electron chi connectivity index (χ4n) is 3.56. The molecule has 2 N–H and O–H groups in total. The minimum absolute atomic E-state index is 0.254. The van der Waals surface area contributed by atoms with Gasteiger partial charge in [-0.15, -0.1) is 0 Å². The van der Waals surface area contributed by atoms with Crippen molar-refractivity contribution >= 4 is 5.91 Å². The van der Waals surface area contributed by atoms with Crippen molar-refractivity contribution in [2.45, 2.75) is 70.4 Å². The number of nitrogens with one attached hydrogen (secondary N) is 2. The Balaban J connectivity index is 1.67. The van der Waals surface area contributed by atoms with Crippen LogP contribution in [0.15, 0.2) is 0 Å². The number of hydrogen-bond acceptors (Lipinski definition) is 3. The van der Waals surface area contributed by atoms with E-state index in [1.165, 1.54) is 44.9 Å². The molecule has 1 heterocycles. The molecule has 4 heteroatoms. The Bertz CT molecular complexity index is 283. The lowest BCUT2D eigenvalue weighted by molar-refractivity contribution is -0.122. The van der Waals surface area contributed by atoms with Crippen molar-refractivity contribution in [1.82, 2.24) is 15.5 Å². The minimum Gasteiger partial charge on any atom is -0.353 e. The van der Waals surface area contributed by atoms with E-state index in [0.29, 0.717) is 18.5 Å². The van der Waals surface area contributed by atoms with E-state index in [9.17, 15) is 4.79 Å². The first-order valence-electron chi connectivity index (χ1n) is 8.53. The molecule has 1 amide bonds. The second-order valence-electron chi connectivity index (χ2n) is 6.26. The maximum Gasteiger partial charge on any atom is 0.221 e. The van der Waals surface area contributed by atoms with Gasteiger partial charge in [0.05, 0.1) is 0 Å². The van der Waals surface area contributed by atoms with Crippen molar-refractivity contribution in [3.8, 4) is 0 Å². The molecule has 0 aromatic heterocycles. The van der Waals surface area contributed by atoms with E-state index in [2.05, 4.69) is 22.5 Å². The average Bonchev–Trinajstić information content (AvgIpc) is 2.50. The molecule has 2 aliphatic rings. The summed E-state index contributed by atoms with van der Waals surface area (Å²) in [4.78, 5) is 14.6. The highest BCUT2D eigenvalue weighted by atomic mass is 16.1. The zero-order valence-electron chi connectivity index (χ0n) is 13.0. The molecule has 0 radical (unpaired) electrons. The summed E-state index contributed by atoms with van der Waals surface area (Å²) in [5, 5.41) is 6.63. The van der Waals surface area contributed by atoms with Crippen LogP contribution >= 0.6 is 0 Å². The van der Waals surface area contributed by atoms with Gasteiger partial charge in [-0.05, 0) is 45.3 Å². The van der Waals surface area contributed by atoms with Crippen LogP contribution in [0.2, 0.25) is 0 Å². The van der Waals surface area contributed by atoms with Gasteiger partial charge in [-0.25, -0.2) is 0 Å². The fraction of sp³-hybridized carbons (Fsp3) is 0.938. The number of amides is 1. The van der Waals surface area contributed by atoms with Crippen LogP contribution in [0.25, 0.3) is 0 Å². The van der Waals surface area contributed by atoms with Gasteiger partial charge in [-0.3, -0.25) is 4.79 Å². The molecular weight excluding hydrogens is 250 g/mol. The van der Waals surface area contributed by atoms with Gasteiger partial charge in [0.15, 0.2) is 0 Å².